The lowest BCUT2D eigenvalue weighted by Crippen LogP contribution is -2.40. The first-order valence-electron chi connectivity index (χ1n) is 10.8. The van der Waals surface area contributed by atoms with Gasteiger partial charge in [0.05, 0.1) is 0 Å². The molecule has 2 amide bonds. The van der Waals surface area contributed by atoms with Crippen molar-refractivity contribution in [2.24, 2.45) is 0 Å². The number of alkyl carbamates (subject to hydrolysis) is 2. The lowest BCUT2D eigenvalue weighted by Gasteiger charge is -2.26. The zero-order valence-electron chi connectivity index (χ0n) is 18.4. The number of carbonyl (C=O) groups is 2. The fourth-order valence-corrected chi connectivity index (χ4v) is 2.53. The average Bonchev–Trinajstić information content (AvgIpc) is 2.68. The van der Waals surface area contributed by atoms with Crippen LogP contribution in [0.2, 0.25) is 0 Å². The summed E-state index contributed by atoms with van der Waals surface area (Å²) >= 11 is 0. The van der Waals surface area contributed by atoms with Gasteiger partial charge in [0.15, 0.2) is 0 Å². The van der Waals surface area contributed by atoms with Crippen LogP contribution in [0.1, 0.15) is 53.4 Å². The summed E-state index contributed by atoms with van der Waals surface area (Å²) in [4.78, 5) is 27.8. The fraction of sp³-hybridized carbons (Fsp3) is 0.900. The molecule has 0 aromatic carbocycles. The number of likely N-dealkylation sites (N-methyl/N-ethyl adjacent to an activating group) is 1. The Morgan fingerprint density at radius 2 is 1.11 bits per heavy atom. The van der Waals surface area contributed by atoms with Gasteiger partial charge >= 0.3 is 12.2 Å². The standard InChI is InChI=1S/C20H42N4O4/c1-5-9-11-21-19(25)27-17-15-24(14-13-23(7-3)8-4)16-18-28-20(26)22-12-10-6-2/h5-18H2,1-4H3,(H,21,25)(H,22,26). The molecule has 0 aliphatic heterocycles. The van der Waals surface area contributed by atoms with Crippen LogP contribution in [0.4, 0.5) is 9.59 Å². The van der Waals surface area contributed by atoms with Gasteiger partial charge in [-0.05, 0) is 25.9 Å². The second-order valence-electron chi connectivity index (χ2n) is 6.70. The smallest absolute Gasteiger partial charge is 0.407 e. The van der Waals surface area contributed by atoms with Crippen molar-refractivity contribution in [2.75, 3.05) is 65.6 Å². The van der Waals surface area contributed by atoms with Crippen molar-refractivity contribution in [2.45, 2.75) is 53.4 Å². The van der Waals surface area contributed by atoms with E-state index < -0.39 is 0 Å². The van der Waals surface area contributed by atoms with E-state index in [0.29, 0.717) is 39.4 Å². The quantitative estimate of drug-likeness (QED) is 0.364. The number of nitrogens with one attached hydrogen (secondary N) is 2. The largest absolute Gasteiger partial charge is 0.448 e. The second kappa shape index (κ2) is 18.8. The third kappa shape index (κ3) is 15.5. The van der Waals surface area contributed by atoms with E-state index in [-0.39, 0.29) is 12.2 Å². The summed E-state index contributed by atoms with van der Waals surface area (Å²) in [6.45, 7) is 15.3. The number of amides is 2. The fourth-order valence-electron chi connectivity index (χ4n) is 2.53. The molecule has 0 fully saturated rings. The number of nitrogens with zero attached hydrogens (tertiary/aromatic N) is 2. The Kier molecular flexibility index (Phi) is 17.8. The van der Waals surface area contributed by atoms with E-state index in [1.54, 1.807) is 0 Å². The minimum absolute atomic E-state index is 0.318. The number of hydrogen-bond donors (Lipinski definition) is 2. The molecule has 0 heterocycles. The summed E-state index contributed by atoms with van der Waals surface area (Å²) in [5.74, 6) is 0. The number of carbonyl (C=O) groups excluding carboxylic acids is 2. The highest BCUT2D eigenvalue weighted by atomic mass is 16.6. The van der Waals surface area contributed by atoms with E-state index in [9.17, 15) is 9.59 Å². The lowest BCUT2D eigenvalue weighted by atomic mass is 10.3. The molecule has 0 saturated heterocycles. The average molecular weight is 403 g/mol. The van der Waals surface area contributed by atoms with Crippen molar-refractivity contribution < 1.29 is 19.1 Å². The van der Waals surface area contributed by atoms with Crippen molar-refractivity contribution in [1.82, 2.24) is 20.4 Å². The normalized spacial score (nSPS) is 10.9. The maximum Gasteiger partial charge on any atom is 0.407 e. The van der Waals surface area contributed by atoms with Crippen LogP contribution in [-0.2, 0) is 9.47 Å². The Morgan fingerprint density at radius 3 is 1.50 bits per heavy atom. The molecule has 0 bridgehead atoms. The van der Waals surface area contributed by atoms with E-state index in [1.807, 2.05) is 0 Å². The van der Waals surface area contributed by atoms with Gasteiger partial charge in [0.25, 0.3) is 0 Å². The molecular formula is C20H42N4O4. The van der Waals surface area contributed by atoms with Gasteiger partial charge in [-0.25, -0.2) is 9.59 Å². The second-order valence-corrected chi connectivity index (χ2v) is 6.70. The van der Waals surface area contributed by atoms with Gasteiger partial charge in [0, 0.05) is 39.3 Å². The van der Waals surface area contributed by atoms with Crippen molar-refractivity contribution in [3.8, 4) is 0 Å². The number of hydrogen-bond acceptors (Lipinski definition) is 6. The van der Waals surface area contributed by atoms with Crippen LogP contribution in [0.25, 0.3) is 0 Å². The summed E-state index contributed by atoms with van der Waals surface area (Å²) in [6, 6.07) is 0. The number of rotatable bonds is 17. The first kappa shape index (κ1) is 26.5. The van der Waals surface area contributed by atoms with E-state index in [2.05, 4.69) is 48.1 Å². The highest BCUT2D eigenvalue weighted by Crippen LogP contribution is 1.95. The molecule has 28 heavy (non-hydrogen) atoms. The third-order valence-electron chi connectivity index (χ3n) is 4.51. The van der Waals surface area contributed by atoms with Gasteiger partial charge in [-0.1, -0.05) is 40.5 Å². The maximum atomic E-state index is 11.6. The van der Waals surface area contributed by atoms with Crippen molar-refractivity contribution in [1.29, 1.82) is 0 Å². The van der Waals surface area contributed by atoms with Gasteiger partial charge in [0.1, 0.15) is 13.2 Å². The number of ether oxygens (including phenoxy) is 2. The van der Waals surface area contributed by atoms with Crippen LogP contribution < -0.4 is 10.6 Å². The van der Waals surface area contributed by atoms with Crippen LogP contribution >= 0.6 is 0 Å². The van der Waals surface area contributed by atoms with Gasteiger partial charge < -0.3 is 25.0 Å². The lowest BCUT2D eigenvalue weighted by molar-refractivity contribution is 0.101. The SMILES string of the molecule is CCCCNC(=O)OCCN(CCOC(=O)NCCCC)CCN(CC)CC. The summed E-state index contributed by atoms with van der Waals surface area (Å²) in [5.41, 5.74) is 0. The highest BCUT2D eigenvalue weighted by Gasteiger charge is 2.10. The van der Waals surface area contributed by atoms with Crippen molar-refractivity contribution in [3.05, 3.63) is 0 Å². The molecule has 0 saturated carbocycles. The Bertz CT molecular complexity index is 364. The van der Waals surface area contributed by atoms with Crippen LogP contribution in [0.15, 0.2) is 0 Å². The zero-order valence-corrected chi connectivity index (χ0v) is 18.4. The molecule has 0 radical (unpaired) electrons. The van der Waals surface area contributed by atoms with Crippen LogP contribution in [0, 0.1) is 0 Å². The first-order valence-corrected chi connectivity index (χ1v) is 10.8. The molecule has 8 heteroatoms. The Labute approximate surface area is 171 Å². The molecule has 2 N–H and O–H groups in total. The van der Waals surface area contributed by atoms with Crippen LogP contribution in [0.3, 0.4) is 0 Å². The maximum absolute atomic E-state index is 11.6. The molecule has 0 spiro atoms. The monoisotopic (exact) mass is 402 g/mol. The van der Waals surface area contributed by atoms with E-state index in [4.69, 9.17) is 9.47 Å². The van der Waals surface area contributed by atoms with Gasteiger partial charge in [-0.15, -0.1) is 0 Å². The molecular weight excluding hydrogens is 360 g/mol. The minimum atomic E-state index is -0.372. The molecule has 0 aliphatic rings. The van der Waals surface area contributed by atoms with Crippen molar-refractivity contribution >= 4 is 12.2 Å². The van der Waals surface area contributed by atoms with Gasteiger partial charge in [-0.3, -0.25) is 4.90 Å². The van der Waals surface area contributed by atoms with Crippen LogP contribution in [-0.4, -0.2) is 87.6 Å². The summed E-state index contributed by atoms with van der Waals surface area (Å²) in [7, 11) is 0. The molecule has 0 aromatic rings. The van der Waals surface area contributed by atoms with Crippen LogP contribution in [0.5, 0.6) is 0 Å². The Morgan fingerprint density at radius 1 is 0.679 bits per heavy atom. The Hall–Kier alpha value is -1.54. The number of unbranched alkanes of at least 4 members (excludes halogenated alkanes) is 2. The molecule has 0 rings (SSSR count). The summed E-state index contributed by atoms with van der Waals surface area (Å²) in [6.07, 6.45) is 3.22. The predicted octanol–water partition coefficient (Wildman–Crippen LogP) is 2.68. The predicted molar refractivity (Wildman–Crippen MR) is 113 cm³/mol. The van der Waals surface area contributed by atoms with Gasteiger partial charge in [0.2, 0.25) is 0 Å². The summed E-state index contributed by atoms with van der Waals surface area (Å²) < 4.78 is 10.5. The molecule has 8 nitrogen and oxygen atoms in total. The Balaban J connectivity index is 4.22. The van der Waals surface area contributed by atoms with E-state index in [0.717, 1.165) is 51.9 Å². The van der Waals surface area contributed by atoms with Crippen molar-refractivity contribution in [3.63, 3.8) is 0 Å². The molecule has 0 atom stereocenters. The first-order chi connectivity index (χ1) is 13.6. The molecule has 0 aliphatic carbocycles. The minimum Gasteiger partial charge on any atom is -0.448 e. The highest BCUT2D eigenvalue weighted by molar-refractivity contribution is 5.67. The topological polar surface area (TPSA) is 83.1 Å². The van der Waals surface area contributed by atoms with Gasteiger partial charge in [-0.2, -0.15) is 0 Å². The summed E-state index contributed by atoms with van der Waals surface area (Å²) in [5, 5.41) is 5.49. The zero-order chi connectivity index (χ0) is 21.0. The molecule has 0 unspecified atom stereocenters. The molecule has 0 aromatic heterocycles. The van der Waals surface area contributed by atoms with E-state index >= 15 is 0 Å². The third-order valence-corrected chi connectivity index (χ3v) is 4.51. The molecule has 166 valence electrons. The van der Waals surface area contributed by atoms with E-state index in [1.165, 1.54) is 0 Å².